The maximum absolute atomic E-state index is 12.3. The molecule has 0 radical (unpaired) electrons. The van der Waals surface area contributed by atoms with E-state index in [1.807, 2.05) is 25.1 Å². The molecule has 0 aliphatic heterocycles. The second-order valence-corrected chi connectivity index (χ2v) is 5.01. The number of nitriles is 1. The number of rotatable bonds is 2. The molecule has 0 saturated carbocycles. The molecule has 1 heterocycles. The molecule has 3 nitrogen and oxygen atoms in total. The third-order valence-electron chi connectivity index (χ3n) is 2.34. The van der Waals surface area contributed by atoms with Crippen molar-refractivity contribution in [1.82, 2.24) is 4.98 Å². The summed E-state index contributed by atoms with van der Waals surface area (Å²) in [5.74, 6) is 0. The highest BCUT2D eigenvalue weighted by Crippen LogP contribution is 2.19. The topological polar surface area (TPSA) is 53.8 Å². The number of hydrogen-bond donors (Lipinski definition) is 0. The van der Waals surface area contributed by atoms with E-state index < -0.39 is 10.8 Å². The van der Waals surface area contributed by atoms with Gasteiger partial charge in [0.25, 0.3) is 0 Å². The fourth-order valence-electron chi connectivity index (χ4n) is 1.41. The Bertz CT molecular complexity index is 600. The minimum absolute atomic E-state index is 0.402. The lowest BCUT2D eigenvalue weighted by Gasteiger charge is -2.03. The molecule has 4 heteroatoms. The molecule has 0 aliphatic rings. The second-order valence-electron chi connectivity index (χ2n) is 3.57. The molecule has 1 aromatic heterocycles. The number of aryl methyl sites for hydroxylation is 1. The molecule has 0 N–H and O–H groups in total. The van der Waals surface area contributed by atoms with Gasteiger partial charge in [0.2, 0.25) is 0 Å². The highest BCUT2D eigenvalue weighted by atomic mass is 32.2. The van der Waals surface area contributed by atoms with Crippen LogP contribution in [-0.2, 0) is 10.8 Å². The van der Waals surface area contributed by atoms with E-state index in [4.69, 9.17) is 5.26 Å². The van der Waals surface area contributed by atoms with Gasteiger partial charge in [-0.15, -0.1) is 0 Å². The summed E-state index contributed by atoms with van der Waals surface area (Å²) in [6, 6.07) is 11.0. The summed E-state index contributed by atoms with van der Waals surface area (Å²) in [5, 5.41) is 8.95. The zero-order chi connectivity index (χ0) is 12.3. The van der Waals surface area contributed by atoms with Gasteiger partial charge in [-0.05, 0) is 25.1 Å². The quantitative estimate of drug-likeness (QED) is 0.812. The highest BCUT2D eigenvalue weighted by molar-refractivity contribution is 7.85. The molecule has 17 heavy (non-hydrogen) atoms. The van der Waals surface area contributed by atoms with Crippen LogP contribution in [0.5, 0.6) is 0 Å². The lowest BCUT2D eigenvalue weighted by molar-refractivity contribution is 0.682. The summed E-state index contributed by atoms with van der Waals surface area (Å²) in [4.78, 5) is 5.05. The Morgan fingerprint density at radius 1 is 1.24 bits per heavy atom. The van der Waals surface area contributed by atoms with Crippen LogP contribution < -0.4 is 0 Å². The van der Waals surface area contributed by atoms with Gasteiger partial charge in [0.15, 0.2) is 0 Å². The van der Waals surface area contributed by atoms with Gasteiger partial charge in [-0.3, -0.25) is 4.98 Å². The second kappa shape index (κ2) is 4.89. The van der Waals surface area contributed by atoms with Gasteiger partial charge >= 0.3 is 0 Å². The fourth-order valence-corrected chi connectivity index (χ4v) is 2.52. The molecule has 84 valence electrons. The van der Waals surface area contributed by atoms with Crippen LogP contribution in [0.15, 0.2) is 52.5 Å². The van der Waals surface area contributed by atoms with Crippen molar-refractivity contribution in [2.45, 2.75) is 16.7 Å². The third kappa shape index (κ3) is 2.40. The first kappa shape index (κ1) is 11.5. The first-order valence-electron chi connectivity index (χ1n) is 5.05. The average molecular weight is 242 g/mol. The molecule has 2 aromatic rings. The summed E-state index contributed by atoms with van der Waals surface area (Å²) in [6.07, 6.45) is 3.00. The molecule has 0 spiro atoms. The Hall–Kier alpha value is -1.99. The number of benzene rings is 1. The van der Waals surface area contributed by atoms with E-state index >= 15 is 0 Å². The number of nitrogens with zero attached hydrogens (tertiary/aromatic N) is 2. The van der Waals surface area contributed by atoms with Crippen molar-refractivity contribution in [3.63, 3.8) is 0 Å². The molecule has 0 aliphatic carbocycles. The molecule has 1 aromatic carbocycles. The summed E-state index contributed by atoms with van der Waals surface area (Å²) >= 11 is 0. The van der Waals surface area contributed by atoms with E-state index in [1.54, 1.807) is 18.2 Å². The van der Waals surface area contributed by atoms with Gasteiger partial charge < -0.3 is 0 Å². The van der Waals surface area contributed by atoms with Crippen molar-refractivity contribution in [2.75, 3.05) is 0 Å². The zero-order valence-electron chi connectivity index (χ0n) is 9.25. The van der Waals surface area contributed by atoms with Crippen LogP contribution in [0.3, 0.4) is 0 Å². The molecule has 0 amide bonds. The predicted molar refractivity (Wildman–Crippen MR) is 64.8 cm³/mol. The van der Waals surface area contributed by atoms with Gasteiger partial charge in [-0.25, -0.2) is 4.21 Å². The molecule has 0 fully saturated rings. The Labute approximate surface area is 102 Å². The van der Waals surface area contributed by atoms with Crippen LogP contribution in [0.1, 0.15) is 11.1 Å². The predicted octanol–water partition coefficient (Wildman–Crippen LogP) is 2.43. The Balaban J connectivity index is 2.44. The summed E-state index contributed by atoms with van der Waals surface area (Å²) in [7, 11) is -1.35. The van der Waals surface area contributed by atoms with Crippen LogP contribution in [0.4, 0.5) is 0 Å². The van der Waals surface area contributed by atoms with Crippen LogP contribution in [0.25, 0.3) is 0 Å². The Morgan fingerprint density at radius 2 is 1.94 bits per heavy atom. The normalized spacial score (nSPS) is 11.8. The molecular weight excluding hydrogens is 232 g/mol. The molecule has 0 bridgehead atoms. The van der Waals surface area contributed by atoms with Gasteiger partial charge in [0.05, 0.1) is 21.3 Å². The standard InChI is InChI=1S/C13H10N2OS/c1-10-2-4-12(5-3-10)17(16)13-9-15-7-6-11(13)8-14/h2-7,9H,1H3. The number of aromatic nitrogens is 1. The van der Waals surface area contributed by atoms with Crippen molar-refractivity contribution in [1.29, 1.82) is 5.26 Å². The van der Waals surface area contributed by atoms with Crippen LogP contribution in [0.2, 0.25) is 0 Å². The average Bonchev–Trinajstić information content (AvgIpc) is 2.39. The van der Waals surface area contributed by atoms with E-state index in [0.717, 1.165) is 5.56 Å². The first-order chi connectivity index (χ1) is 8.22. The van der Waals surface area contributed by atoms with Crippen molar-refractivity contribution in [2.24, 2.45) is 0 Å². The van der Waals surface area contributed by atoms with Crippen molar-refractivity contribution in [3.8, 4) is 6.07 Å². The lowest BCUT2D eigenvalue weighted by atomic mass is 10.2. The van der Waals surface area contributed by atoms with E-state index in [-0.39, 0.29) is 0 Å². The van der Waals surface area contributed by atoms with E-state index in [0.29, 0.717) is 15.4 Å². The van der Waals surface area contributed by atoms with Crippen LogP contribution >= 0.6 is 0 Å². The minimum atomic E-state index is -1.35. The Morgan fingerprint density at radius 3 is 2.59 bits per heavy atom. The smallest absolute Gasteiger partial charge is 0.101 e. The minimum Gasteiger partial charge on any atom is -0.263 e. The van der Waals surface area contributed by atoms with Crippen molar-refractivity contribution < 1.29 is 4.21 Å². The maximum Gasteiger partial charge on any atom is 0.101 e. The SMILES string of the molecule is Cc1ccc(S(=O)c2cnccc2C#N)cc1. The van der Waals surface area contributed by atoms with Crippen molar-refractivity contribution in [3.05, 3.63) is 53.9 Å². The van der Waals surface area contributed by atoms with Gasteiger partial charge in [0, 0.05) is 17.3 Å². The Kier molecular flexibility index (Phi) is 3.31. The summed E-state index contributed by atoms with van der Waals surface area (Å²) in [6.45, 7) is 1.97. The number of pyridine rings is 1. The largest absolute Gasteiger partial charge is 0.263 e. The molecule has 1 unspecified atom stereocenters. The van der Waals surface area contributed by atoms with E-state index in [2.05, 4.69) is 4.98 Å². The highest BCUT2D eigenvalue weighted by Gasteiger charge is 2.11. The summed E-state index contributed by atoms with van der Waals surface area (Å²) < 4.78 is 12.3. The van der Waals surface area contributed by atoms with E-state index in [9.17, 15) is 4.21 Å². The van der Waals surface area contributed by atoms with Crippen molar-refractivity contribution >= 4 is 10.8 Å². The zero-order valence-corrected chi connectivity index (χ0v) is 10.1. The monoisotopic (exact) mass is 242 g/mol. The number of hydrogen-bond acceptors (Lipinski definition) is 3. The van der Waals surface area contributed by atoms with Gasteiger partial charge in [-0.2, -0.15) is 5.26 Å². The van der Waals surface area contributed by atoms with E-state index in [1.165, 1.54) is 12.4 Å². The molecule has 0 saturated heterocycles. The first-order valence-corrected chi connectivity index (χ1v) is 6.20. The maximum atomic E-state index is 12.3. The molecular formula is C13H10N2OS. The lowest BCUT2D eigenvalue weighted by Crippen LogP contribution is -1.97. The van der Waals surface area contributed by atoms with Gasteiger partial charge in [-0.1, -0.05) is 17.7 Å². The fraction of sp³-hybridized carbons (Fsp3) is 0.0769. The van der Waals surface area contributed by atoms with Gasteiger partial charge in [0.1, 0.15) is 6.07 Å². The van der Waals surface area contributed by atoms with Crippen LogP contribution in [0, 0.1) is 18.3 Å². The summed E-state index contributed by atoms with van der Waals surface area (Å²) in [5.41, 5.74) is 1.51. The third-order valence-corrected chi connectivity index (χ3v) is 3.76. The van der Waals surface area contributed by atoms with Crippen LogP contribution in [-0.4, -0.2) is 9.19 Å². The molecule has 2 rings (SSSR count). The molecule has 1 atom stereocenters.